The van der Waals surface area contributed by atoms with Crippen LogP contribution in [0.1, 0.15) is 74.3 Å². The lowest BCUT2D eigenvalue weighted by molar-refractivity contribution is 0.0531. The van der Waals surface area contributed by atoms with Crippen LogP contribution in [0, 0.1) is 0 Å². The summed E-state index contributed by atoms with van der Waals surface area (Å²) >= 11 is 0. The first-order valence-electron chi connectivity index (χ1n) is 14.7. The molecule has 1 atom stereocenters. The Balaban J connectivity index is 1.40. The molecule has 39 heavy (non-hydrogen) atoms. The minimum atomic E-state index is 0.00408. The van der Waals surface area contributed by atoms with Crippen LogP contribution in [-0.4, -0.2) is 78.7 Å². The van der Waals surface area contributed by atoms with Crippen LogP contribution in [0.3, 0.4) is 0 Å². The summed E-state index contributed by atoms with van der Waals surface area (Å²) in [7, 11) is 1.94. The average molecular weight is 531 g/mol. The van der Waals surface area contributed by atoms with E-state index in [-0.39, 0.29) is 18.6 Å². The van der Waals surface area contributed by atoms with Gasteiger partial charge in [-0.1, -0.05) is 44.4 Å². The topological polar surface area (TPSA) is 87.4 Å². The number of aryl methyl sites for hydroxylation is 1. The maximum Gasteiger partial charge on any atom is 0.272 e. The number of aliphatic hydroxyl groups excluding tert-OH is 1. The van der Waals surface area contributed by atoms with Crippen LogP contribution in [0.5, 0.6) is 0 Å². The number of hydrogen-bond acceptors (Lipinski definition) is 6. The van der Waals surface area contributed by atoms with E-state index >= 15 is 0 Å². The van der Waals surface area contributed by atoms with Crippen LogP contribution in [0.4, 0.5) is 0 Å². The molecule has 2 fully saturated rings. The second kappa shape index (κ2) is 12.8. The number of benzene rings is 1. The molecule has 0 spiro atoms. The number of likely N-dealkylation sites (tertiary alicyclic amines) is 2. The van der Waals surface area contributed by atoms with E-state index in [1.807, 2.05) is 16.5 Å². The summed E-state index contributed by atoms with van der Waals surface area (Å²) in [5.74, 6) is 0.787. The summed E-state index contributed by atoms with van der Waals surface area (Å²) in [4.78, 5) is 31.9. The number of piperidine rings is 1. The fraction of sp³-hybridized carbons (Fsp3) is 0.548. The summed E-state index contributed by atoms with van der Waals surface area (Å²) < 4.78 is 1.95. The SMILES string of the molecule is CCCCCCc1cccc(-c2nc(-c3cncnc3)c(C(=O)N3CCC(N4CCCC4CO)CC3)n2C)c1. The summed E-state index contributed by atoms with van der Waals surface area (Å²) in [5, 5.41) is 9.78. The largest absolute Gasteiger partial charge is 0.395 e. The number of carbonyl (C=O) groups is 1. The molecule has 2 saturated heterocycles. The van der Waals surface area contributed by atoms with E-state index < -0.39 is 0 Å². The number of hydrogen-bond donors (Lipinski definition) is 1. The first kappa shape index (κ1) is 27.5. The van der Waals surface area contributed by atoms with Gasteiger partial charge in [0.1, 0.15) is 23.5 Å². The predicted octanol–water partition coefficient (Wildman–Crippen LogP) is 4.73. The van der Waals surface area contributed by atoms with E-state index in [2.05, 4.69) is 46.1 Å². The van der Waals surface area contributed by atoms with Gasteiger partial charge in [0.25, 0.3) is 5.91 Å². The number of imidazole rings is 1. The second-order valence-corrected chi connectivity index (χ2v) is 11.1. The van der Waals surface area contributed by atoms with Gasteiger partial charge in [-0.15, -0.1) is 0 Å². The number of aromatic nitrogens is 4. The summed E-state index contributed by atoms with van der Waals surface area (Å²) in [6.45, 7) is 4.91. The first-order valence-corrected chi connectivity index (χ1v) is 14.7. The molecule has 2 aliphatic rings. The van der Waals surface area contributed by atoms with Crippen LogP contribution < -0.4 is 0 Å². The van der Waals surface area contributed by atoms with Gasteiger partial charge in [-0.2, -0.15) is 0 Å². The predicted molar refractivity (Wildman–Crippen MR) is 153 cm³/mol. The quantitative estimate of drug-likeness (QED) is 0.382. The fourth-order valence-electron chi connectivity index (χ4n) is 6.33. The van der Waals surface area contributed by atoms with Crippen LogP contribution in [-0.2, 0) is 13.5 Å². The first-order chi connectivity index (χ1) is 19.1. The number of aliphatic hydroxyl groups is 1. The van der Waals surface area contributed by atoms with E-state index in [0.29, 0.717) is 30.5 Å². The number of unbranched alkanes of at least 4 members (excludes halogenated alkanes) is 3. The third-order valence-corrected chi connectivity index (χ3v) is 8.49. The maximum absolute atomic E-state index is 14.0. The molecule has 0 radical (unpaired) electrons. The molecule has 0 saturated carbocycles. The lowest BCUT2D eigenvalue weighted by Crippen LogP contribution is -2.49. The maximum atomic E-state index is 14.0. The van der Waals surface area contributed by atoms with Gasteiger partial charge in [0.2, 0.25) is 0 Å². The molecule has 8 heteroatoms. The van der Waals surface area contributed by atoms with Crippen molar-refractivity contribution in [3.05, 3.63) is 54.2 Å². The summed E-state index contributed by atoms with van der Waals surface area (Å²) in [6.07, 6.45) is 15.0. The lowest BCUT2D eigenvalue weighted by atomic mass is 10.0. The fourth-order valence-corrected chi connectivity index (χ4v) is 6.33. The minimum absolute atomic E-state index is 0.00408. The van der Waals surface area contributed by atoms with E-state index in [1.165, 1.54) is 37.6 Å². The molecule has 208 valence electrons. The molecule has 8 nitrogen and oxygen atoms in total. The van der Waals surface area contributed by atoms with Gasteiger partial charge >= 0.3 is 0 Å². The number of amides is 1. The molecular formula is C31H42N6O2. The van der Waals surface area contributed by atoms with Crippen LogP contribution in [0.2, 0.25) is 0 Å². The number of nitrogens with zero attached hydrogens (tertiary/aromatic N) is 6. The Morgan fingerprint density at radius 2 is 1.82 bits per heavy atom. The number of rotatable bonds is 10. The van der Waals surface area contributed by atoms with Crippen LogP contribution in [0.15, 0.2) is 43.0 Å². The Morgan fingerprint density at radius 3 is 2.56 bits per heavy atom. The zero-order valence-corrected chi connectivity index (χ0v) is 23.4. The van der Waals surface area contributed by atoms with Crippen LogP contribution >= 0.6 is 0 Å². The van der Waals surface area contributed by atoms with Crippen molar-refractivity contribution in [2.45, 2.75) is 76.8 Å². The van der Waals surface area contributed by atoms with Gasteiger partial charge in [0.05, 0.1) is 6.61 Å². The average Bonchev–Trinajstić information content (AvgIpc) is 3.60. The van der Waals surface area contributed by atoms with E-state index in [9.17, 15) is 9.90 Å². The van der Waals surface area contributed by atoms with Crippen molar-refractivity contribution in [2.24, 2.45) is 7.05 Å². The van der Waals surface area contributed by atoms with Crippen molar-refractivity contribution in [1.82, 2.24) is 29.3 Å². The molecule has 1 N–H and O–H groups in total. The molecule has 4 heterocycles. The molecule has 2 aromatic heterocycles. The summed E-state index contributed by atoms with van der Waals surface area (Å²) in [5.41, 5.74) is 4.28. The molecule has 1 aromatic carbocycles. The Hall–Kier alpha value is -3.10. The molecule has 0 aliphatic carbocycles. The van der Waals surface area contributed by atoms with Crippen molar-refractivity contribution in [1.29, 1.82) is 0 Å². The normalized spacial score (nSPS) is 18.6. The number of carbonyl (C=O) groups excluding carboxylic acids is 1. The van der Waals surface area contributed by atoms with Crippen molar-refractivity contribution >= 4 is 5.91 Å². The lowest BCUT2D eigenvalue weighted by Gasteiger charge is -2.39. The van der Waals surface area contributed by atoms with Gasteiger partial charge in [0, 0.05) is 55.7 Å². The third kappa shape index (κ3) is 6.07. The molecule has 1 amide bonds. The Bertz CT molecular complexity index is 1240. The van der Waals surface area contributed by atoms with Gasteiger partial charge in [0.15, 0.2) is 0 Å². The zero-order valence-electron chi connectivity index (χ0n) is 23.4. The highest BCUT2D eigenvalue weighted by atomic mass is 16.3. The van der Waals surface area contributed by atoms with E-state index in [1.54, 1.807) is 12.4 Å². The van der Waals surface area contributed by atoms with Crippen LogP contribution in [0.25, 0.3) is 22.6 Å². The van der Waals surface area contributed by atoms with Gasteiger partial charge < -0.3 is 14.6 Å². The molecule has 3 aromatic rings. The van der Waals surface area contributed by atoms with Gasteiger partial charge in [-0.25, -0.2) is 15.0 Å². The Labute approximate surface area is 232 Å². The standard InChI is InChI=1S/C31H42N6O2/c1-3-4-5-6-9-23-10-7-11-24(18-23)30-34-28(25-19-32-22-33-20-25)29(35(30)2)31(39)36-16-13-26(14-17-36)37-15-8-12-27(37)21-38/h7,10-11,18-20,22,26-27,38H,3-6,8-9,12-17,21H2,1-2H3. The highest BCUT2D eigenvalue weighted by molar-refractivity contribution is 5.99. The van der Waals surface area contributed by atoms with Crippen molar-refractivity contribution in [3.8, 4) is 22.6 Å². The zero-order chi connectivity index (χ0) is 27.2. The van der Waals surface area contributed by atoms with Crippen molar-refractivity contribution < 1.29 is 9.90 Å². The molecule has 2 aliphatic heterocycles. The molecular weight excluding hydrogens is 488 g/mol. The second-order valence-electron chi connectivity index (χ2n) is 11.1. The minimum Gasteiger partial charge on any atom is -0.395 e. The Morgan fingerprint density at radius 1 is 1.03 bits per heavy atom. The highest BCUT2D eigenvalue weighted by Gasteiger charge is 2.35. The van der Waals surface area contributed by atoms with Gasteiger partial charge in [-0.3, -0.25) is 9.69 Å². The van der Waals surface area contributed by atoms with Crippen molar-refractivity contribution in [2.75, 3.05) is 26.2 Å². The highest BCUT2D eigenvalue weighted by Crippen LogP contribution is 2.31. The molecule has 5 rings (SSSR count). The molecule has 1 unspecified atom stereocenters. The van der Waals surface area contributed by atoms with E-state index in [4.69, 9.17) is 4.98 Å². The Kier molecular flexibility index (Phi) is 9.04. The van der Waals surface area contributed by atoms with Gasteiger partial charge in [-0.05, 0) is 56.7 Å². The van der Waals surface area contributed by atoms with E-state index in [0.717, 1.165) is 55.6 Å². The third-order valence-electron chi connectivity index (χ3n) is 8.49. The molecule has 0 bridgehead atoms. The van der Waals surface area contributed by atoms with Crippen molar-refractivity contribution in [3.63, 3.8) is 0 Å². The monoisotopic (exact) mass is 530 g/mol. The smallest absolute Gasteiger partial charge is 0.272 e. The summed E-state index contributed by atoms with van der Waals surface area (Å²) in [6, 6.07) is 9.27.